The van der Waals surface area contributed by atoms with Crippen LogP contribution in [0.25, 0.3) is 10.9 Å². The molecular weight excluding hydrogens is 809 g/mol. The Kier molecular flexibility index (Phi) is 17.7. The summed E-state index contributed by atoms with van der Waals surface area (Å²) in [5.74, 6) is -5.24. The predicted molar refractivity (Wildman–Crippen MR) is 212 cm³/mol. The number of carboxylic acids is 1. The van der Waals surface area contributed by atoms with Crippen LogP contribution in [0.4, 0.5) is 13.2 Å². The fourth-order valence-electron chi connectivity index (χ4n) is 6.43. The van der Waals surface area contributed by atoms with E-state index in [0.29, 0.717) is 6.42 Å². The number of aromatic nitrogens is 1. The van der Waals surface area contributed by atoms with Crippen LogP contribution < -0.4 is 26.6 Å². The van der Waals surface area contributed by atoms with Gasteiger partial charge < -0.3 is 62.2 Å². The summed E-state index contributed by atoms with van der Waals surface area (Å²) in [4.78, 5) is 67.7. The molecule has 8 atom stereocenters. The number of aliphatic hydroxyl groups excluding tert-OH is 5. The lowest BCUT2D eigenvalue weighted by molar-refractivity contribution is -0.192. The van der Waals surface area contributed by atoms with Gasteiger partial charge in [-0.3, -0.25) is 19.2 Å². The maximum atomic E-state index is 14.2. The number of carbonyl (C=O) groups is 5. The number of H-pyrrole nitrogens is 1. The smallest absolute Gasteiger partial charge is 0.475 e. The predicted octanol–water partition coefficient (Wildman–Crippen LogP) is -0.802. The summed E-state index contributed by atoms with van der Waals surface area (Å²) >= 11 is 0. The maximum Gasteiger partial charge on any atom is 0.490 e. The molecule has 3 aromatic carbocycles. The average Bonchev–Trinajstić information content (AvgIpc) is 3.65. The van der Waals surface area contributed by atoms with Gasteiger partial charge in [0, 0.05) is 43.0 Å². The first-order chi connectivity index (χ1) is 29.0. The number of benzene rings is 3. The van der Waals surface area contributed by atoms with Gasteiger partial charge in [-0.05, 0) is 29.2 Å². The lowest BCUT2D eigenvalue weighted by Gasteiger charge is -2.29. The number of aromatic amines is 1. The van der Waals surface area contributed by atoms with Crippen LogP contribution in [0.1, 0.15) is 23.1 Å². The van der Waals surface area contributed by atoms with Crippen LogP contribution in [-0.2, 0) is 43.2 Å². The fourth-order valence-corrected chi connectivity index (χ4v) is 6.43. The molecule has 1 saturated heterocycles. The fraction of sp³-hybridized carbons (Fsp3) is 0.390. The Hall–Kier alpha value is -5.90. The molecule has 1 aliphatic heterocycles. The third-order valence-electron chi connectivity index (χ3n) is 9.71. The van der Waals surface area contributed by atoms with Gasteiger partial charge in [-0.1, -0.05) is 78.9 Å². The number of para-hydroxylation sites is 1. The molecule has 330 valence electrons. The number of alkyl halides is 3. The number of carboxylic acid groups (broad SMARTS) is 1. The second-order valence-corrected chi connectivity index (χ2v) is 14.3. The minimum Gasteiger partial charge on any atom is -0.475 e. The van der Waals surface area contributed by atoms with Gasteiger partial charge in [0.15, 0.2) is 0 Å². The zero-order chi connectivity index (χ0) is 44.7. The lowest BCUT2D eigenvalue weighted by Crippen LogP contribution is -2.59. The van der Waals surface area contributed by atoms with Crippen LogP contribution in [0.3, 0.4) is 0 Å². The lowest BCUT2D eigenvalue weighted by atomic mass is 10.00. The molecule has 61 heavy (non-hydrogen) atoms. The van der Waals surface area contributed by atoms with Gasteiger partial charge in [0.1, 0.15) is 30.4 Å². The molecule has 0 unspecified atom stereocenters. The second-order valence-electron chi connectivity index (χ2n) is 14.3. The van der Waals surface area contributed by atoms with E-state index in [1.54, 1.807) is 6.20 Å². The molecule has 0 saturated carbocycles. The number of hydrogen-bond donors (Lipinski definition) is 12. The molecule has 4 aromatic rings. The average molecular weight is 859 g/mol. The van der Waals surface area contributed by atoms with E-state index in [-0.39, 0.29) is 19.4 Å². The number of aliphatic hydroxyl groups is 5. The molecule has 0 aliphatic carbocycles. The highest BCUT2D eigenvalue weighted by atomic mass is 19.4. The highest BCUT2D eigenvalue weighted by Gasteiger charge is 2.38. The molecule has 1 aromatic heterocycles. The molecule has 4 amide bonds. The zero-order valence-electron chi connectivity index (χ0n) is 32.6. The van der Waals surface area contributed by atoms with Crippen molar-refractivity contribution in [2.45, 2.75) is 80.4 Å². The van der Waals surface area contributed by atoms with E-state index in [4.69, 9.17) is 15.0 Å². The number of rotatable bonds is 13. The molecule has 0 radical (unpaired) electrons. The Labute approximate surface area is 347 Å². The summed E-state index contributed by atoms with van der Waals surface area (Å²) in [6.07, 6.45) is -10.6. The minimum atomic E-state index is -5.08. The van der Waals surface area contributed by atoms with Crippen molar-refractivity contribution in [1.82, 2.24) is 31.6 Å². The zero-order valence-corrected chi connectivity index (χ0v) is 32.6. The summed E-state index contributed by atoms with van der Waals surface area (Å²) in [5.41, 5.74) is 3.22. The van der Waals surface area contributed by atoms with Crippen molar-refractivity contribution in [2.24, 2.45) is 0 Å². The second kappa shape index (κ2) is 22.6. The van der Waals surface area contributed by atoms with Gasteiger partial charge in [0.05, 0.1) is 31.2 Å². The summed E-state index contributed by atoms with van der Waals surface area (Å²) in [6, 6.07) is 21.8. The Balaban J connectivity index is 0.00000107. The van der Waals surface area contributed by atoms with Crippen LogP contribution in [0.5, 0.6) is 0 Å². The first kappa shape index (κ1) is 47.8. The Morgan fingerprint density at radius 2 is 1.26 bits per heavy atom. The molecule has 0 bridgehead atoms. The van der Waals surface area contributed by atoms with E-state index >= 15 is 0 Å². The number of aliphatic carboxylic acids is 1. The molecule has 5 rings (SSSR count). The van der Waals surface area contributed by atoms with Gasteiger partial charge >= 0.3 is 12.1 Å². The first-order valence-electron chi connectivity index (χ1n) is 19.1. The maximum absolute atomic E-state index is 14.2. The largest absolute Gasteiger partial charge is 0.490 e. The normalized spacial score (nSPS) is 21.2. The van der Waals surface area contributed by atoms with Crippen molar-refractivity contribution in [3.63, 3.8) is 0 Å². The van der Waals surface area contributed by atoms with Gasteiger partial charge in [-0.25, -0.2) is 4.79 Å². The van der Waals surface area contributed by atoms with Gasteiger partial charge in [0.25, 0.3) is 0 Å². The molecule has 2 heterocycles. The molecule has 17 nitrogen and oxygen atoms in total. The number of amides is 4. The van der Waals surface area contributed by atoms with Gasteiger partial charge in [0.2, 0.25) is 23.6 Å². The number of hydrogen-bond acceptors (Lipinski definition) is 11. The molecular formula is C41H49F3N6O11. The van der Waals surface area contributed by atoms with Crippen molar-refractivity contribution in [1.29, 1.82) is 0 Å². The molecule has 0 spiro atoms. The summed E-state index contributed by atoms with van der Waals surface area (Å²) in [5, 5.41) is 72.0. The monoisotopic (exact) mass is 858 g/mol. The topological polar surface area (TPSA) is 283 Å². The van der Waals surface area contributed by atoms with E-state index in [2.05, 4.69) is 31.6 Å². The first-order valence-corrected chi connectivity index (χ1v) is 19.1. The highest BCUT2D eigenvalue weighted by molar-refractivity contribution is 5.95. The Morgan fingerprint density at radius 3 is 1.87 bits per heavy atom. The molecule has 20 heteroatoms. The van der Waals surface area contributed by atoms with Crippen LogP contribution in [0, 0.1) is 0 Å². The molecule has 1 fully saturated rings. The third kappa shape index (κ3) is 14.7. The van der Waals surface area contributed by atoms with Crippen LogP contribution in [0.2, 0.25) is 0 Å². The van der Waals surface area contributed by atoms with E-state index < -0.39 is 104 Å². The van der Waals surface area contributed by atoms with E-state index in [0.717, 1.165) is 27.6 Å². The van der Waals surface area contributed by atoms with E-state index in [9.17, 15) is 52.8 Å². The number of nitrogens with one attached hydrogen (secondary N) is 6. The Bertz CT molecular complexity index is 2060. The van der Waals surface area contributed by atoms with E-state index in [1.807, 2.05) is 84.9 Å². The summed E-state index contributed by atoms with van der Waals surface area (Å²) in [6.45, 7) is -1.45. The number of halogens is 3. The quantitative estimate of drug-likeness (QED) is 0.0788. The van der Waals surface area contributed by atoms with E-state index in [1.165, 1.54) is 0 Å². The molecule has 1 aliphatic rings. The van der Waals surface area contributed by atoms with Crippen molar-refractivity contribution in [3.05, 3.63) is 108 Å². The Morgan fingerprint density at radius 1 is 0.721 bits per heavy atom. The SMILES string of the molecule is O=C(O)C(F)(F)F.O=C1C[C@@H](NC[C@H](O)[C@@H](O)[C@H](O)[C@H](O)CO)C(=O)NC[C@@H](Cc2ccccc2)NC(=O)[C@H](Cc2ccccc2)NC(=O)[C@H](Cc2c[nH]c3ccccc23)N1. The van der Waals surface area contributed by atoms with Crippen molar-refractivity contribution >= 4 is 40.5 Å². The summed E-state index contributed by atoms with van der Waals surface area (Å²) < 4.78 is 31.7. The van der Waals surface area contributed by atoms with Gasteiger partial charge in [-0.15, -0.1) is 0 Å². The standard InChI is InChI=1S/C39H48N6O9.C2HF3O2/c46-22-33(48)36(51)35(50)32(47)21-41-29-18-34(49)44-31(17-25-19-40-28-14-8-7-13-27(25)28)39(54)45-30(16-24-11-5-2-6-12-24)38(53)43-26(20-42-37(29)52)15-23-9-3-1-4-10-23;3-2(4,5)1(6)7/h1-14,19,26,29-33,35-36,40-41,46-48,50-51H,15-18,20-22H2,(H,42,52)(H,43,53)(H,44,49)(H,45,54);(H,6,7)/t26-,29-,30+,31+,32+,33-,35-,36-;/m1./s1. The van der Waals surface area contributed by atoms with Crippen molar-refractivity contribution < 1.29 is 67.8 Å². The van der Waals surface area contributed by atoms with Gasteiger partial charge in [-0.2, -0.15) is 13.2 Å². The van der Waals surface area contributed by atoms with Crippen LogP contribution in [0.15, 0.2) is 91.1 Å². The van der Waals surface area contributed by atoms with Crippen molar-refractivity contribution in [2.75, 3.05) is 19.7 Å². The number of fused-ring (bicyclic) bond motifs is 1. The van der Waals surface area contributed by atoms with Crippen molar-refractivity contribution in [3.8, 4) is 0 Å². The number of carbonyl (C=O) groups excluding carboxylic acids is 4. The van der Waals surface area contributed by atoms with Crippen LogP contribution >= 0.6 is 0 Å². The minimum absolute atomic E-state index is 0.0398. The third-order valence-corrected chi connectivity index (χ3v) is 9.71. The summed E-state index contributed by atoms with van der Waals surface area (Å²) in [7, 11) is 0. The molecule has 12 N–H and O–H groups in total. The highest BCUT2D eigenvalue weighted by Crippen LogP contribution is 2.20. The van der Waals surface area contributed by atoms with Crippen LogP contribution in [-0.4, -0.2) is 140 Å².